The molecule has 18 heavy (non-hydrogen) atoms. The average molecular weight is 266 g/mol. The monoisotopic (exact) mass is 266 g/mol. The highest BCUT2D eigenvalue weighted by Gasteiger charge is 2.28. The van der Waals surface area contributed by atoms with E-state index in [0.717, 1.165) is 25.7 Å². The standard InChI is InChI=1S/C13H25F3N2/c1-10(4-3-9-13(14,15)16)18(2)12-7-5-11(17)6-8-12/h10-12H,3-9,17H2,1-2H3. The fourth-order valence-electron chi connectivity index (χ4n) is 2.67. The summed E-state index contributed by atoms with van der Waals surface area (Å²) in [6.07, 6.45) is 0.355. The molecule has 1 aliphatic rings. The van der Waals surface area contributed by atoms with Crippen LogP contribution in [0.3, 0.4) is 0 Å². The van der Waals surface area contributed by atoms with Crippen molar-refractivity contribution < 1.29 is 13.2 Å². The van der Waals surface area contributed by atoms with Crippen molar-refractivity contribution in [2.75, 3.05) is 7.05 Å². The summed E-state index contributed by atoms with van der Waals surface area (Å²) in [5.74, 6) is 0. The maximum absolute atomic E-state index is 12.1. The molecule has 1 aliphatic carbocycles. The first kappa shape index (κ1) is 15.8. The number of nitrogens with zero attached hydrogens (tertiary/aromatic N) is 1. The lowest BCUT2D eigenvalue weighted by Gasteiger charge is -2.37. The molecule has 1 unspecified atom stereocenters. The molecule has 5 heteroatoms. The van der Waals surface area contributed by atoms with Gasteiger partial charge in [-0.05, 0) is 52.5 Å². The van der Waals surface area contributed by atoms with Gasteiger partial charge in [-0.2, -0.15) is 13.2 Å². The number of halogens is 3. The van der Waals surface area contributed by atoms with Crippen LogP contribution in [-0.2, 0) is 0 Å². The van der Waals surface area contributed by atoms with Gasteiger partial charge >= 0.3 is 6.18 Å². The zero-order chi connectivity index (χ0) is 13.8. The minimum absolute atomic E-state index is 0.215. The van der Waals surface area contributed by atoms with Gasteiger partial charge in [0.25, 0.3) is 0 Å². The lowest BCUT2D eigenvalue weighted by molar-refractivity contribution is -0.136. The Labute approximate surface area is 108 Å². The first-order chi connectivity index (χ1) is 8.29. The van der Waals surface area contributed by atoms with E-state index in [1.54, 1.807) is 0 Å². The van der Waals surface area contributed by atoms with Gasteiger partial charge in [0.05, 0.1) is 0 Å². The Hall–Kier alpha value is -0.290. The summed E-state index contributed by atoms with van der Waals surface area (Å²) in [6, 6.07) is 1.02. The summed E-state index contributed by atoms with van der Waals surface area (Å²) in [6.45, 7) is 2.02. The van der Waals surface area contributed by atoms with Gasteiger partial charge in [0.1, 0.15) is 0 Å². The fourth-order valence-corrected chi connectivity index (χ4v) is 2.67. The van der Waals surface area contributed by atoms with Crippen molar-refractivity contribution in [2.24, 2.45) is 5.73 Å². The van der Waals surface area contributed by atoms with Crippen molar-refractivity contribution in [1.82, 2.24) is 4.90 Å². The van der Waals surface area contributed by atoms with Crippen LogP contribution in [0.1, 0.15) is 51.9 Å². The smallest absolute Gasteiger partial charge is 0.328 e. The molecule has 1 atom stereocenters. The van der Waals surface area contributed by atoms with Crippen LogP contribution in [-0.4, -0.2) is 36.2 Å². The summed E-state index contributed by atoms with van der Waals surface area (Å²) < 4.78 is 36.2. The molecule has 0 aromatic carbocycles. The Balaban J connectivity index is 2.26. The Morgan fingerprint density at radius 3 is 2.28 bits per heavy atom. The van der Waals surface area contributed by atoms with Crippen LogP contribution in [0.2, 0.25) is 0 Å². The highest BCUT2D eigenvalue weighted by Crippen LogP contribution is 2.26. The van der Waals surface area contributed by atoms with Crippen LogP contribution in [0.25, 0.3) is 0 Å². The van der Waals surface area contributed by atoms with Gasteiger partial charge in [0.15, 0.2) is 0 Å². The van der Waals surface area contributed by atoms with Crippen molar-refractivity contribution in [3.63, 3.8) is 0 Å². The predicted octanol–water partition coefficient (Wildman–Crippen LogP) is 3.31. The first-order valence-electron chi connectivity index (χ1n) is 6.84. The van der Waals surface area contributed by atoms with Crippen LogP contribution < -0.4 is 5.73 Å². The summed E-state index contributed by atoms with van der Waals surface area (Å²) >= 11 is 0. The van der Waals surface area contributed by atoms with E-state index in [2.05, 4.69) is 4.90 Å². The molecule has 0 bridgehead atoms. The van der Waals surface area contributed by atoms with Crippen LogP contribution >= 0.6 is 0 Å². The minimum Gasteiger partial charge on any atom is -0.328 e. The van der Waals surface area contributed by atoms with Gasteiger partial charge in [-0.15, -0.1) is 0 Å². The normalized spacial score (nSPS) is 27.5. The Kier molecular flexibility index (Phi) is 5.92. The lowest BCUT2D eigenvalue weighted by atomic mass is 9.90. The second-order valence-corrected chi connectivity index (χ2v) is 5.59. The third kappa shape index (κ3) is 5.57. The van der Waals surface area contributed by atoms with E-state index in [1.807, 2.05) is 14.0 Å². The second-order valence-electron chi connectivity index (χ2n) is 5.59. The predicted molar refractivity (Wildman–Crippen MR) is 67.4 cm³/mol. The molecule has 0 radical (unpaired) electrons. The number of rotatable bonds is 5. The molecule has 0 aliphatic heterocycles. The zero-order valence-electron chi connectivity index (χ0n) is 11.3. The third-order valence-electron chi connectivity index (χ3n) is 4.09. The van der Waals surface area contributed by atoms with E-state index in [0.29, 0.717) is 18.5 Å². The number of alkyl halides is 3. The van der Waals surface area contributed by atoms with Gasteiger partial charge in [0.2, 0.25) is 0 Å². The average Bonchev–Trinajstić information content (AvgIpc) is 2.27. The van der Waals surface area contributed by atoms with Crippen molar-refractivity contribution in [3.8, 4) is 0 Å². The SMILES string of the molecule is CC(CCCC(F)(F)F)N(C)C1CCC(N)CC1. The molecule has 108 valence electrons. The largest absolute Gasteiger partial charge is 0.389 e. The van der Waals surface area contributed by atoms with E-state index >= 15 is 0 Å². The summed E-state index contributed by atoms with van der Waals surface area (Å²) in [4.78, 5) is 2.24. The molecule has 0 spiro atoms. The van der Waals surface area contributed by atoms with E-state index in [-0.39, 0.29) is 12.5 Å². The molecular weight excluding hydrogens is 241 g/mol. The minimum atomic E-state index is -4.02. The molecule has 1 saturated carbocycles. The molecule has 0 aromatic rings. The topological polar surface area (TPSA) is 29.3 Å². The maximum atomic E-state index is 12.1. The molecule has 1 fully saturated rings. The van der Waals surface area contributed by atoms with Gasteiger partial charge in [-0.1, -0.05) is 0 Å². The fraction of sp³-hybridized carbons (Fsp3) is 1.00. The van der Waals surface area contributed by atoms with Crippen molar-refractivity contribution in [3.05, 3.63) is 0 Å². The van der Waals surface area contributed by atoms with Crippen molar-refractivity contribution >= 4 is 0 Å². The molecule has 0 amide bonds. The van der Waals surface area contributed by atoms with Crippen molar-refractivity contribution in [2.45, 2.75) is 76.2 Å². The Bertz CT molecular complexity index is 235. The van der Waals surface area contributed by atoms with Gasteiger partial charge < -0.3 is 10.6 Å². The number of nitrogens with two attached hydrogens (primary N) is 1. The maximum Gasteiger partial charge on any atom is 0.389 e. The van der Waals surface area contributed by atoms with E-state index in [4.69, 9.17) is 5.73 Å². The first-order valence-corrected chi connectivity index (χ1v) is 6.84. The molecule has 2 nitrogen and oxygen atoms in total. The molecule has 0 saturated heterocycles. The molecule has 0 heterocycles. The summed E-state index contributed by atoms with van der Waals surface area (Å²) in [7, 11) is 2.03. The van der Waals surface area contributed by atoms with E-state index in [1.165, 1.54) is 0 Å². The third-order valence-corrected chi connectivity index (χ3v) is 4.09. The van der Waals surface area contributed by atoms with Crippen molar-refractivity contribution in [1.29, 1.82) is 0 Å². The van der Waals surface area contributed by atoms with Gasteiger partial charge in [0, 0.05) is 24.5 Å². The highest BCUT2D eigenvalue weighted by atomic mass is 19.4. The van der Waals surface area contributed by atoms with Crippen LogP contribution in [0.15, 0.2) is 0 Å². The highest BCUT2D eigenvalue weighted by molar-refractivity contribution is 4.82. The van der Waals surface area contributed by atoms with Crippen LogP contribution in [0, 0.1) is 0 Å². The molecule has 0 aromatic heterocycles. The number of hydrogen-bond acceptors (Lipinski definition) is 2. The molecule has 1 rings (SSSR count). The van der Waals surface area contributed by atoms with Crippen LogP contribution in [0.5, 0.6) is 0 Å². The quantitative estimate of drug-likeness (QED) is 0.827. The summed E-state index contributed by atoms with van der Waals surface area (Å²) in [5.41, 5.74) is 5.86. The second kappa shape index (κ2) is 6.75. The van der Waals surface area contributed by atoms with Gasteiger partial charge in [-0.25, -0.2) is 0 Å². The van der Waals surface area contributed by atoms with Crippen LogP contribution in [0.4, 0.5) is 13.2 Å². The lowest BCUT2D eigenvalue weighted by Crippen LogP contribution is -2.43. The van der Waals surface area contributed by atoms with E-state index < -0.39 is 12.6 Å². The Morgan fingerprint density at radius 2 is 1.78 bits per heavy atom. The summed E-state index contributed by atoms with van der Waals surface area (Å²) in [5, 5.41) is 0. The van der Waals surface area contributed by atoms with Gasteiger partial charge in [-0.3, -0.25) is 0 Å². The zero-order valence-corrected chi connectivity index (χ0v) is 11.3. The molecule has 2 N–H and O–H groups in total. The van der Waals surface area contributed by atoms with E-state index in [9.17, 15) is 13.2 Å². The number of hydrogen-bond donors (Lipinski definition) is 1. The molecular formula is C13H25F3N2. The Morgan fingerprint density at radius 1 is 1.22 bits per heavy atom.